The van der Waals surface area contributed by atoms with Crippen LogP contribution in [0.1, 0.15) is 46.0 Å². The quantitative estimate of drug-likeness (QED) is 0.771. The van der Waals surface area contributed by atoms with Crippen LogP contribution in [0.2, 0.25) is 0 Å². The van der Waals surface area contributed by atoms with Gasteiger partial charge in [-0.1, -0.05) is 13.8 Å². The average Bonchev–Trinajstić information content (AvgIpc) is 2.28. The minimum atomic E-state index is -0.447. The van der Waals surface area contributed by atoms with Crippen molar-refractivity contribution in [2.45, 2.75) is 58.1 Å². The van der Waals surface area contributed by atoms with Gasteiger partial charge in [0.2, 0.25) is 0 Å². The van der Waals surface area contributed by atoms with Crippen molar-refractivity contribution in [3.05, 3.63) is 0 Å². The molecular weight excluding hydrogens is 234 g/mol. The van der Waals surface area contributed by atoms with Gasteiger partial charge in [0, 0.05) is 0 Å². The van der Waals surface area contributed by atoms with E-state index in [9.17, 15) is 4.79 Å². The van der Waals surface area contributed by atoms with Gasteiger partial charge in [-0.25, -0.2) is 0 Å². The number of carbonyl (C=O) groups excluding carboxylic acids is 1. The normalized spacial score (nSPS) is 22.1. The molecule has 0 radical (unpaired) electrons. The third-order valence-corrected chi connectivity index (χ3v) is 4.15. The summed E-state index contributed by atoms with van der Waals surface area (Å²) in [6.07, 6.45) is 7.04. The van der Waals surface area contributed by atoms with E-state index in [0.717, 1.165) is 31.4 Å². The second-order valence-corrected chi connectivity index (χ2v) is 6.67. The fraction of sp³-hybridized carbons (Fsp3) is 0.923. The molecule has 0 heterocycles. The van der Waals surface area contributed by atoms with Crippen LogP contribution in [0, 0.1) is 5.41 Å². The molecule has 0 aromatic carbocycles. The van der Waals surface area contributed by atoms with E-state index in [2.05, 4.69) is 13.8 Å². The summed E-state index contributed by atoms with van der Waals surface area (Å²) >= 11 is 1.71. The van der Waals surface area contributed by atoms with Crippen LogP contribution in [-0.4, -0.2) is 30.1 Å². The molecule has 2 N–H and O–H groups in total. The standard InChI is InChI=1S/C13H25NO2S/c1-13(2)7-4-10(5-8-13)16-12(15)11(14)6-9-17-3/h10-11H,4-9,14H2,1-3H3/t11-/m1/s1. The second kappa shape index (κ2) is 6.64. The molecule has 4 heteroatoms. The van der Waals surface area contributed by atoms with Crippen LogP contribution in [0.4, 0.5) is 0 Å². The van der Waals surface area contributed by atoms with E-state index >= 15 is 0 Å². The number of hydrogen-bond donors (Lipinski definition) is 1. The molecule has 1 atom stereocenters. The number of ether oxygens (including phenoxy) is 1. The number of nitrogens with two attached hydrogens (primary N) is 1. The highest BCUT2D eigenvalue weighted by atomic mass is 32.2. The molecule has 0 amide bonds. The Morgan fingerprint density at radius 1 is 1.47 bits per heavy atom. The van der Waals surface area contributed by atoms with Crippen LogP contribution in [-0.2, 0) is 9.53 Å². The highest BCUT2D eigenvalue weighted by Gasteiger charge is 2.29. The summed E-state index contributed by atoms with van der Waals surface area (Å²) in [5.41, 5.74) is 6.19. The molecule has 3 nitrogen and oxygen atoms in total. The molecule has 1 saturated carbocycles. The molecule has 0 saturated heterocycles. The molecule has 0 bridgehead atoms. The van der Waals surface area contributed by atoms with Crippen LogP contribution < -0.4 is 5.73 Å². The lowest BCUT2D eigenvalue weighted by atomic mass is 9.76. The van der Waals surface area contributed by atoms with Crippen molar-refractivity contribution in [3.8, 4) is 0 Å². The SMILES string of the molecule is CSCC[C@@H](N)C(=O)OC1CCC(C)(C)CC1. The van der Waals surface area contributed by atoms with Crippen molar-refractivity contribution in [1.29, 1.82) is 0 Å². The highest BCUT2D eigenvalue weighted by molar-refractivity contribution is 7.98. The van der Waals surface area contributed by atoms with Crippen LogP contribution in [0.15, 0.2) is 0 Å². The van der Waals surface area contributed by atoms with E-state index in [-0.39, 0.29) is 12.1 Å². The molecule has 1 aliphatic rings. The largest absolute Gasteiger partial charge is 0.461 e. The third-order valence-electron chi connectivity index (χ3n) is 3.50. The zero-order valence-electron chi connectivity index (χ0n) is 11.2. The number of hydrogen-bond acceptors (Lipinski definition) is 4. The van der Waals surface area contributed by atoms with Gasteiger partial charge in [0.05, 0.1) is 0 Å². The molecule has 100 valence electrons. The maximum absolute atomic E-state index is 11.7. The zero-order valence-corrected chi connectivity index (χ0v) is 12.0. The predicted octanol–water partition coefficient (Wildman–Crippen LogP) is 2.58. The number of thioether (sulfide) groups is 1. The van der Waals surface area contributed by atoms with E-state index in [0.29, 0.717) is 11.8 Å². The first-order chi connectivity index (χ1) is 7.94. The Morgan fingerprint density at radius 2 is 2.06 bits per heavy atom. The molecular formula is C13H25NO2S. The van der Waals surface area contributed by atoms with Crippen molar-refractivity contribution < 1.29 is 9.53 Å². The van der Waals surface area contributed by atoms with Crippen LogP contribution >= 0.6 is 11.8 Å². The minimum Gasteiger partial charge on any atom is -0.461 e. The summed E-state index contributed by atoms with van der Waals surface area (Å²) in [7, 11) is 0. The second-order valence-electron chi connectivity index (χ2n) is 5.69. The number of rotatable bonds is 5. The number of esters is 1. The van der Waals surface area contributed by atoms with Crippen molar-refractivity contribution in [2.75, 3.05) is 12.0 Å². The van der Waals surface area contributed by atoms with Crippen molar-refractivity contribution >= 4 is 17.7 Å². The Bertz CT molecular complexity index is 246. The van der Waals surface area contributed by atoms with Crippen LogP contribution in [0.3, 0.4) is 0 Å². The van der Waals surface area contributed by atoms with Gasteiger partial charge in [-0.05, 0) is 49.5 Å². The van der Waals surface area contributed by atoms with Gasteiger partial charge < -0.3 is 10.5 Å². The van der Waals surface area contributed by atoms with E-state index in [1.807, 2.05) is 6.26 Å². The van der Waals surface area contributed by atoms with Gasteiger partial charge in [-0.2, -0.15) is 11.8 Å². The summed E-state index contributed by atoms with van der Waals surface area (Å²) in [6, 6.07) is -0.447. The molecule has 0 aliphatic heterocycles. The van der Waals surface area contributed by atoms with E-state index in [4.69, 9.17) is 10.5 Å². The molecule has 17 heavy (non-hydrogen) atoms. The Labute approximate surface area is 109 Å². The number of carbonyl (C=O) groups is 1. The van der Waals surface area contributed by atoms with Gasteiger partial charge in [0.15, 0.2) is 0 Å². The summed E-state index contributed by atoms with van der Waals surface area (Å²) in [4.78, 5) is 11.7. The minimum absolute atomic E-state index is 0.0934. The Morgan fingerprint density at radius 3 is 2.59 bits per heavy atom. The monoisotopic (exact) mass is 259 g/mol. The molecule has 0 spiro atoms. The maximum Gasteiger partial charge on any atom is 0.323 e. The highest BCUT2D eigenvalue weighted by Crippen LogP contribution is 2.36. The predicted molar refractivity (Wildman–Crippen MR) is 73.1 cm³/mol. The molecule has 0 aromatic heterocycles. The Kier molecular flexibility index (Phi) is 5.80. The smallest absolute Gasteiger partial charge is 0.323 e. The molecule has 0 aromatic rings. The summed E-state index contributed by atoms with van der Waals surface area (Å²) < 4.78 is 5.47. The van der Waals surface area contributed by atoms with Crippen LogP contribution in [0.5, 0.6) is 0 Å². The lowest BCUT2D eigenvalue weighted by Crippen LogP contribution is -2.37. The topological polar surface area (TPSA) is 52.3 Å². The van der Waals surface area contributed by atoms with E-state index in [1.165, 1.54) is 0 Å². The summed E-state index contributed by atoms with van der Waals surface area (Å²) in [5.74, 6) is 0.692. The maximum atomic E-state index is 11.7. The lowest BCUT2D eigenvalue weighted by molar-refractivity contribution is -0.153. The molecule has 1 aliphatic carbocycles. The fourth-order valence-electron chi connectivity index (χ4n) is 2.10. The van der Waals surface area contributed by atoms with E-state index < -0.39 is 6.04 Å². The van der Waals surface area contributed by atoms with Crippen molar-refractivity contribution in [3.63, 3.8) is 0 Å². The van der Waals surface area contributed by atoms with Crippen molar-refractivity contribution in [2.24, 2.45) is 11.1 Å². The molecule has 1 fully saturated rings. The zero-order chi connectivity index (χ0) is 12.9. The lowest BCUT2D eigenvalue weighted by Gasteiger charge is -2.34. The Balaban J connectivity index is 2.27. The van der Waals surface area contributed by atoms with Gasteiger partial charge in [0.1, 0.15) is 12.1 Å². The van der Waals surface area contributed by atoms with Gasteiger partial charge in [-0.15, -0.1) is 0 Å². The molecule has 1 rings (SSSR count). The summed E-state index contributed by atoms with van der Waals surface area (Å²) in [5, 5.41) is 0. The third kappa shape index (κ3) is 5.30. The van der Waals surface area contributed by atoms with Crippen LogP contribution in [0.25, 0.3) is 0 Å². The molecule has 0 unspecified atom stereocenters. The Hall–Kier alpha value is -0.220. The van der Waals surface area contributed by atoms with E-state index in [1.54, 1.807) is 11.8 Å². The first-order valence-electron chi connectivity index (χ1n) is 6.39. The summed E-state index contributed by atoms with van der Waals surface area (Å²) in [6.45, 7) is 4.55. The van der Waals surface area contributed by atoms with Gasteiger partial charge in [0.25, 0.3) is 0 Å². The van der Waals surface area contributed by atoms with Gasteiger partial charge in [-0.3, -0.25) is 4.79 Å². The first-order valence-corrected chi connectivity index (χ1v) is 7.79. The average molecular weight is 259 g/mol. The van der Waals surface area contributed by atoms with Gasteiger partial charge >= 0.3 is 5.97 Å². The fourth-order valence-corrected chi connectivity index (χ4v) is 2.59. The van der Waals surface area contributed by atoms with Crippen molar-refractivity contribution in [1.82, 2.24) is 0 Å². The first kappa shape index (κ1) is 14.8.